The molecule has 0 aliphatic rings. The molecule has 0 aromatic carbocycles. The Labute approximate surface area is 100 Å². The predicted molar refractivity (Wildman–Crippen MR) is 61.7 cm³/mol. The van der Waals surface area contributed by atoms with E-state index < -0.39 is 5.97 Å². The summed E-state index contributed by atoms with van der Waals surface area (Å²) in [7, 11) is 3.95. The van der Waals surface area contributed by atoms with Gasteiger partial charge in [0.05, 0.1) is 12.5 Å². The van der Waals surface area contributed by atoms with E-state index in [1.165, 1.54) is 0 Å². The van der Waals surface area contributed by atoms with E-state index in [-0.39, 0.29) is 12.5 Å². The molecule has 0 radical (unpaired) electrons. The molecule has 0 amide bonds. The number of hydrogen-bond acceptors (Lipinski definition) is 5. The summed E-state index contributed by atoms with van der Waals surface area (Å²) in [5.74, 6) is -0.0855. The molecule has 1 aromatic rings. The van der Waals surface area contributed by atoms with E-state index in [4.69, 9.17) is 5.11 Å². The Balaban J connectivity index is 2.74. The first-order valence-electron chi connectivity index (χ1n) is 5.67. The smallest absolute Gasteiger partial charge is 0.305 e. The second-order valence-corrected chi connectivity index (χ2v) is 4.25. The number of aliphatic carboxylic acids is 1. The van der Waals surface area contributed by atoms with Gasteiger partial charge in [-0.1, -0.05) is 6.92 Å². The maximum Gasteiger partial charge on any atom is 0.305 e. The quantitative estimate of drug-likeness (QED) is 0.734. The minimum atomic E-state index is -0.828. The molecule has 1 atom stereocenters. The third kappa shape index (κ3) is 4.10. The normalized spacial score (nSPS) is 12.9. The monoisotopic (exact) mass is 241 g/mol. The van der Waals surface area contributed by atoms with Crippen LogP contribution in [-0.4, -0.2) is 56.8 Å². The summed E-state index contributed by atoms with van der Waals surface area (Å²) in [6.07, 6.45) is 1.47. The van der Waals surface area contributed by atoms with Crippen molar-refractivity contribution in [1.82, 2.24) is 25.1 Å². The Morgan fingerprint density at radius 1 is 1.53 bits per heavy atom. The van der Waals surface area contributed by atoms with Crippen LogP contribution in [0.25, 0.3) is 0 Å². The van der Waals surface area contributed by atoms with Crippen molar-refractivity contribution in [3.63, 3.8) is 0 Å². The van der Waals surface area contributed by atoms with E-state index in [1.54, 1.807) is 4.68 Å². The van der Waals surface area contributed by atoms with Crippen LogP contribution in [0, 0.1) is 0 Å². The van der Waals surface area contributed by atoms with Gasteiger partial charge in [-0.25, -0.2) is 4.68 Å². The highest BCUT2D eigenvalue weighted by molar-refractivity contribution is 5.67. The first kappa shape index (κ1) is 13.6. The van der Waals surface area contributed by atoms with Crippen molar-refractivity contribution in [2.45, 2.75) is 32.2 Å². The SMILES string of the molecule is CCC(CC(=O)O)n1nnnc1CCN(C)C. The Kier molecular flexibility index (Phi) is 5.02. The van der Waals surface area contributed by atoms with Gasteiger partial charge >= 0.3 is 5.97 Å². The molecule has 0 saturated heterocycles. The molecule has 1 N–H and O–H groups in total. The van der Waals surface area contributed by atoms with Crippen LogP contribution < -0.4 is 0 Å². The number of carboxylic acid groups (broad SMARTS) is 1. The molecular weight excluding hydrogens is 222 g/mol. The first-order valence-corrected chi connectivity index (χ1v) is 5.67. The summed E-state index contributed by atoms with van der Waals surface area (Å²) in [6.45, 7) is 2.77. The second kappa shape index (κ2) is 6.29. The molecule has 0 aliphatic heterocycles. The number of carboxylic acids is 1. The van der Waals surface area contributed by atoms with Crippen molar-refractivity contribution in [3.8, 4) is 0 Å². The molecule has 96 valence electrons. The summed E-state index contributed by atoms with van der Waals surface area (Å²) in [6, 6.07) is -0.167. The topological polar surface area (TPSA) is 84.1 Å². The van der Waals surface area contributed by atoms with E-state index in [2.05, 4.69) is 15.5 Å². The van der Waals surface area contributed by atoms with Crippen LogP contribution in [0.15, 0.2) is 0 Å². The summed E-state index contributed by atoms with van der Waals surface area (Å²) in [5, 5.41) is 20.3. The highest BCUT2D eigenvalue weighted by Crippen LogP contribution is 2.15. The maximum atomic E-state index is 10.8. The van der Waals surface area contributed by atoms with Gasteiger partial charge in [-0.15, -0.1) is 5.10 Å². The number of rotatable bonds is 7. The van der Waals surface area contributed by atoms with Crippen molar-refractivity contribution in [3.05, 3.63) is 5.82 Å². The summed E-state index contributed by atoms with van der Waals surface area (Å²) in [4.78, 5) is 12.8. The summed E-state index contributed by atoms with van der Waals surface area (Å²) >= 11 is 0. The molecular formula is C10H19N5O2. The van der Waals surface area contributed by atoms with Crippen LogP contribution in [0.3, 0.4) is 0 Å². The van der Waals surface area contributed by atoms with Crippen molar-refractivity contribution in [1.29, 1.82) is 0 Å². The van der Waals surface area contributed by atoms with Gasteiger partial charge in [-0.3, -0.25) is 4.79 Å². The molecule has 0 saturated carbocycles. The number of carbonyl (C=O) groups is 1. The molecule has 1 unspecified atom stereocenters. The Hall–Kier alpha value is -1.50. The minimum Gasteiger partial charge on any atom is -0.481 e. The fourth-order valence-electron chi connectivity index (χ4n) is 1.59. The largest absolute Gasteiger partial charge is 0.481 e. The van der Waals surface area contributed by atoms with Gasteiger partial charge < -0.3 is 10.0 Å². The van der Waals surface area contributed by atoms with Gasteiger partial charge in [0.2, 0.25) is 0 Å². The van der Waals surface area contributed by atoms with Gasteiger partial charge in [0.15, 0.2) is 5.82 Å². The Morgan fingerprint density at radius 2 is 2.24 bits per heavy atom. The van der Waals surface area contributed by atoms with Gasteiger partial charge in [0.1, 0.15) is 0 Å². The van der Waals surface area contributed by atoms with Gasteiger partial charge in [0, 0.05) is 13.0 Å². The van der Waals surface area contributed by atoms with E-state index in [0.717, 1.165) is 18.8 Å². The van der Waals surface area contributed by atoms with Gasteiger partial charge in [-0.2, -0.15) is 0 Å². The van der Waals surface area contributed by atoms with Crippen LogP contribution in [0.2, 0.25) is 0 Å². The lowest BCUT2D eigenvalue weighted by atomic mass is 10.1. The standard InChI is InChI=1S/C10H19N5O2/c1-4-8(7-10(16)17)15-9(11-12-13-15)5-6-14(2)3/h8H,4-7H2,1-3H3,(H,16,17). The first-order chi connectivity index (χ1) is 8.04. The average Bonchev–Trinajstić information content (AvgIpc) is 2.70. The molecule has 0 spiro atoms. The lowest BCUT2D eigenvalue weighted by Crippen LogP contribution is -2.21. The number of likely N-dealkylation sites (N-methyl/N-ethyl adjacent to an activating group) is 1. The van der Waals surface area contributed by atoms with Crippen LogP contribution in [0.4, 0.5) is 0 Å². The van der Waals surface area contributed by atoms with E-state index in [1.807, 2.05) is 25.9 Å². The molecule has 17 heavy (non-hydrogen) atoms. The van der Waals surface area contributed by atoms with Crippen LogP contribution in [-0.2, 0) is 11.2 Å². The third-order valence-corrected chi connectivity index (χ3v) is 2.57. The Morgan fingerprint density at radius 3 is 2.76 bits per heavy atom. The van der Waals surface area contributed by atoms with E-state index in [9.17, 15) is 4.79 Å². The van der Waals surface area contributed by atoms with Crippen molar-refractivity contribution < 1.29 is 9.90 Å². The molecule has 0 fully saturated rings. The molecule has 1 aromatic heterocycles. The zero-order valence-electron chi connectivity index (χ0n) is 10.5. The van der Waals surface area contributed by atoms with Crippen molar-refractivity contribution >= 4 is 5.97 Å². The van der Waals surface area contributed by atoms with Gasteiger partial charge in [0.25, 0.3) is 0 Å². The zero-order chi connectivity index (χ0) is 12.8. The molecule has 0 bridgehead atoms. The van der Waals surface area contributed by atoms with Crippen LogP contribution >= 0.6 is 0 Å². The number of nitrogens with zero attached hydrogens (tertiary/aromatic N) is 5. The number of aromatic nitrogens is 4. The molecule has 7 nitrogen and oxygen atoms in total. The summed E-state index contributed by atoms with van der Waals surface area (Å²) < 4.78 is 1.64. The van der Waals surface area contributed by atoms with E-state index in [0.29, 0.717) is 6.42 Å². The fourth-order valence-corrected chi connectivity index (χ4v) is 1.59. The third-order valence-electron chi connectivity index (χ3n) is 2.57. The molecule has 1 heterocycles. The maximum absolute atomic E-state index is 10.8. The number of hydrogen-bond donors (Lipinski definition) is 1. The number of tetrazole rings is 1. The van der Waals surface area contributed by atoms with Gasteiger partial charge in [-0.05, 0) is 30.9 Å². The highest BCUT2D eigenvalue weighted by atomic mass is 16.4. The summed E-state index contributed by atoms with van der Waals surface area (Å²) in [5.41, 5.74) is 0. The van der Waals surface area contributed by atoms with Crippen LogP contribution in [0.1, 0.15) is 31.6 Å². The fraction of sp³-hybridized carbons (Fsp3) is 0.800. The second-order valence-electron chi connectivity index (χ2n) is 4.25. The van der Waals surface area contributed by atoms with Crippen molar-refractivity contribution in [2.24, 2.45) is 0 Å². The predicted octanol–water partition coefficient (Wildman–Crippen LogP) is 0.203. The van der Waals surface area contributed by atoms with Crippen LogP contribution in [0.5, 0.6) is 0 Å². The highest BCUT2D eigenvalue weighted by Gasteiger charge is 2.18. The zero-order valence-corrected chi connectivity index (χ0v) is 10.5. The Bertz CT molecular complexity index is 363. The minimum absolute atomic E-state index is 0.0521. The molecule has 0 aliphatic carbocycles. The van der Waals surface area contributed by atoms with Crippen molar-refractivity contribution in [2.75, 3.05) is 20.6 Å². The molecule has 1 rings (SSSR count). The molecule has 7 heteroatoms. The lowest BCUT2D eigenvalue weighted by molar-refractivity contribution is -0.138. The lowest BCUT2D eigenvalue weighted by Gasteiger charge is -2.15. The average molecular weight is 241 g/mol. The van der Waals surface area contributed by atoms with E-state index >= 15 is 0 Å².